The molecule has 0 aromatic heterocycles. The van der Waals surface area contributed by atoms with Crippen molar-refractivity contribution in [2.75, 3.05) is 27.7 Å². The molecule has 2 rings (SSSR count). The molecule has 0 amide bonds. The van der Waals surface area contributed by atoms with Crippen LogP contribution in [0, 0.1) is 5.92 Å². The van der Waals surface area contributed by atoms with Crippen LogP contribution in [0.1, 0.15) is 38.7 Å². The quantitative estimate of drug-likeness (QED) is 0.918. The highest BCUT2D eigenvalue weighted by Crippen LogP contribution is 2.42. The molecule has 0 unspecified atom stereocenters. The minimum absolute atomic E-state index is 0. The van der Waals surface area contributed by atoms with Gasteiger partial charge in [-0.2, -0.15) is 0 Å². The summed E-state index contributed by atoms with van der Waals surface area (Å²) in [5.41, 5.74) is 0.287. The molecule has 1 N–H and O–H groups in total. The number of ether oxygens (including phenoxy) is 1. The second-order valence-corrected chi connectivity index (χ2v) is 5.86. The van der Waals surface area contributed by atoms with Crippen LogP contribution in [0.4, 0.5) is 0 Å². The van der Waals surface area contributed by atoms with E-state index in [0.717, 1.165) is 37.1 Å². The van der Waals surface area contributed by atoms with Crippen LogP contribution in [0.2, 0.25) is 0 Å². The van der Waals surface area contributed by atoms with Gasteiger partial charge in [0, 0.05) is 12.5 Å². The lowest BCUT2D eigenvalue weighted by atomic mass is 9.71. The van der Waals surface area contributed by atoms with Crippen molar-refractivity contribution in [3.8, 4) is 5.75 Å². The largest absolute Gasteiger partial charge is 0.497 e. The normalized spacial score (nSPS) is 26.1. The second-order valence-electron chi connectivity index (χ2n) is 5.86. The highest BCUT2D eigenvalue weighted by molar-refractivity contribution is 5.33. The Kier molecular flexibility index (Phi) is 6.03. The van der Waals surface area contributed by atoms with Gasteiger partial charge in [0.2, 0.25) is 0 Å². The van der Waals surface area contributed by atoms with Crippen molar-refractivity contribution in [3.05, 3.63) is 29.8 Å². The van der Waals surface area contributed by atoms with Crippen LogP contribution < -0.4 is 4.74 Å². The fourth-order valence-corrected chi connectivity index (χ4v) is 3.18. The van der Waals surface area contributed by atoms with Gasteiger partial charge in [0.15, 0.2) is 0 Å². The third kappa shape index (κ3) is 3.53. The van der Waals surface area contributed by atoms with Crippen LogP contribution in [0.3, 0.4) is 0 Å². The molecule has 1 saturated carbocycles. The summed E-state index contributed by atoms with van der Waals surface area (Å²) in [7, 11) is 5.81. The van der Waals surface area contributed by atoms with Gasteiger partial charge in [-0.1, -0.05) is 32.4 Å². The molecular weight excluding hydrogens is 250 g/mol. The molecule has 1 aromatic carbocycles. The Balaban J connectivity index is 0.00000200. The van der Waals surface area contributed by atoms with Crippen LogP contribution in [-0.4, -0.2) is 37.8 Å². The zero-order valence-electron chi connectivity index (χ0n) is 12.2. The molecule has 1 fully saturated rings. The highest BCUT2D eigenvalue weighted by Gasteiger charge is 2.40. The molecule has 0 bridgehead atoms. The van der Waals surface area contributed by atoms with Crippen molar-refractivity contribution in [1.29, 1.82) is 0 Å². The van der Waals surface area contributed by atoms with Crippen molar-refractivity contribution in [2.45, 2.75) is 38.7 Å². The minimum Gasteiger partial charge on any atom is -0.497 e. The van der Waals surface area contributed by atoms with Crippen LogP contribution >= 0.6 is 0 Å². The van der Waals surface area contributed by atoms with Crippen molar-refractivity contribution >= 4 is 0 Å². The Morgan fingerprint density at radius 3 is 2.75 bits per heavy atom. The molecule has 3 nitrogen and oxygen atoms in total. The van der Waals surface area contributed by atoms with Crippen molar-refractivity contribution in [3.63, 3.8) is 0 Å². The Bertz CT molecular complexity index is 419. The van der Waals surface area contributed by atoms with Gasteiger partial charge in [0.1, 0.15) is 5.75 Å². The van der Waals surface area contributed by atoms with Gasteiger partial charge in [-0.15, -0.1) is 0 Å². The number of aliphatic hydroxyl groups is 1. The third-order valence-corrected chi connectivity index (χ3v) is 4.19. The summed E-state index contributed by atoms with van der Waals surface area (Å²) in [6.45, 7) is 0.924. The number of hydrogen-bond donors (Lipinski definition) is 1. The molecule has 0 heterocycles. The Morgan fingerprint density at radius 2 is 2.10 bits per heavy atom. The van der Waals surface area contributed by atoms with Gasteiger partial charge in [-0.05, 0) is 44.6 Å². The predicted octanol–water partition coefficient (Wildman–Crippen LogP) is 3.27. The van der Waals surface area contributed by atoms with Gasteiger partial charge in [0.05, 0.1) is 12.7 Å². The Morgan fingerprint density at radius 1 is 1.35 bits per heavy atom. The zero-order valence-corrected chi connectivity index (χ0v) is 12.2. The monoisotopic (exact) mass is 279 g/mol. The summed E-state index contributed by atoms with van der Waals surface area (Å²) in [4.78, 5) is 2.17. The number of benzene rings is 1. The lowest BCUT2D eigenvalue weighted by molar-refractivity contribution is -0.0619. The first-order valence-electron chi connectivity index (χ1n) is 7.08. The maximum atomic E-state index is 11.2. The SMILES string of the molecule is C.COc1cccc([C@@]2(O)CCCC[C@@H]2CN(C)C)c1. The van der Waals surface area contributed by atoms with E-state index >= 15 is 0 Å². The van der Waals surface area contributed by atoms with E-state index in [1.165, 1.54) is 6.42 Å². The summed E-state index contributed by atoms with van der Waals surface area (Å²) in [6, 6.07) is 7.90. The summed E-state index contributed by atoms with van der Waals surface area (Å²) < 4.78 is 5.29. The van der Waals surface area contributed by atoms with Gasteiger partial charge in [-0.3, -0.25) is 0 Å². The van der Waals surface area contributed by atoms with E-state index in [0.29, 0.717) is 5.92 Å². The fourth-order valence-electron chi connectivity index (χ4n) is 3.18. The van der Waals surface area contributed by atoms with Crippen LogP contribution in [0.25, 0.3) is 0 Å². The maximum Gasteiger partial charge on any atom is 0.119 e. The second kappa shape index (κ2) is 7.09. The van der Waals surface area contributed by atoms with E-state index in [2.05, 4.69) is 19.0 Å². The first-order valence-corrected chi connectivity index (χ1v) is 7.08. The third-order valence-electron chi connectivity index (χ3n) is 4.19. The Labute approximate surface area is 123 Å². The van der Waals surface area contributed by atoms with E-state index in [1.807, 2.05) is 24.3 Å². The van der Waals surface area contributed by atoms with E-state index in [4.69, 9.17) is 4.74 Å². The first-order chi connectivity index (χ1) is 9.06. The lowest BCUT2D eigenvalue weighted by Gasteiger charge is -2.41. The summed E-state index contributed by atoms with van der Waals surface area (Å²) in [5, 5.41) is 11.2. The topological polar surface area (TPSA) is 32.7 Å². The summed E-state index contributed by atoms with van der Waals surface area (Å²) in [5.74, 6) is 1.11. The van der Waals surface area contributed by atoms with Crippen LogP contribution in [0.15, 0.2) is 24.3 Å². The zero-order chi connectivity index (χ0) is 13.9. The molecule has 2 atom stereocenters. The molecule has 0 spiro atoms. The van der Waals surface area contributed by atoms with Crippen molar-refractivity contribution in [2.24, 2.45) is 5.92 Å². The maximum absolute atomic E-state index is 11.2. The number of rotatable bonds is 4. The van der Waals surface area contributed by atoms with Crippen molar-refractivity contribution in [1.82, 2.24) is 4.90 Å². The molecule has 3 heteroatoms. The molecule has 0 radical (unpaired) electrons. The van der Waals surface area contributed by atoms with Crippen molar-refractivity contribution < 1.29 is 9.84 Å². The highest BCUT2D eigenvalue weighted by atomic mass is 16.5. The van der Waals surface area contributed by atoms with E-state index in [9.17, 15) is 5.11 Å². The van der Waals surface area contributed by atoms with E-state index < -0.39 is 5.60 Å². The Hall–Kier alpha value is -1.06. The molecule has 1 aromatic rings. The van der Waals surface area contributed by atoms with Crippen LogP contribution in [-0.2, 0) is 5.60 Å². The molecular formula is C17H29NO2. The predicted molar refractivity (Wildman–Crippen MR) is 84.1 cm³/mol. The minimum atomic E-state index is -0.711. The molecule has 114 valence electrons. The summed E-state index contributed by atoms with van der Waals surface area (Å²) >= 11 is 0. The molecule has 1 aliphatic rings. The number of hydrogen-bond acceptors (Lipinski definition) is 3. The summed E-state index contributed by atoms with van der Waals surface area (Å²) in [6.07, 6.45) is 4.24. The fraction of sp³-hybridized carbons (Fsp3) is 0.647. The number of methoxy groups -OCH3 is 1. The first kappa shape index (κ1) is 17.0. The van der Waals surface area contributed by atoms with Gasteiger partial charge < -0.3 is 14.7 Å². The number of nitrogens with zero attached hydrogens (tertiary/aromatic N) is 1. The van der Waals surface area contributed by atoms with Gasteiger partial charge >= 0.3 is 0 Å². The average molecular weight is 279 g/mol. The van der Waals surface area contributed by atoms with E-state index in [1.54, 1.807) is 7.11 Å². The lowest BCUT2D eigenvalue weighted by Crippen LogP contribution is -2.43. The molecule has 0 aliphatic heterocycles. The molecule has 0 saturated heterocycles. The standard InChI is InChI=1S/C16H25NO2.CH4/c1-17(2)12-14-7-4-5-10-16(14,18)13-8-6-9-15(11-13)19-3;/h6,8-9,11,14,18H,4-5,7,10,12H2,1-3H3;1H4/t14-,16+;/m1./s1. The van der Waals surface area contributed by atoms with E-state index in [-0.39, 0.29) is 7.43 Å². The molecule has 1 aliphatic carbocycles. The smallest absolute Gasteiger partial charge is 0.119 e. The van der Waals surface area contributed by atoms with Gasteiger partial charge in [0.25, 0.3) is 0 Å². The van der Waals surface area contributed by atoms with Gasteiger partial charge in [-0.25, -0.2) is 0 Å². The molecule has 20 heavy (non-hydrogen) atoms. The average Bonchev–Trinajstić information content (AvgIpc) is 2.41. The van der Waals surface area contributed by atoms with Crippen LogP contribution in [0.5, 0.6) is 5.75 Å².